The summed E-state index contributed by atoms with van der Waals surface area (Å²) in [6.45, 7) is 3.58. The molecule has 3 fully saturated rings. The smallest absolute Gasteiger partial charge is 0.259 e. The first kappa shape index (κ1) is 34.8. The van der Waals surface area contributed by atoms with Crippen molar-refractivity contribution < 1.29 is 28.3 Å². The van der Waals surface area contributed by atoms with E-state index in [1.54, 1.807) is 23.2 Å². The summed E-state index contributed by atoms with van der Waals surface area (Å²) in [6, 6.07) is 13.7. The number of piperidine rings is 2. The number of H-pyrrole nitrogens is 1. The number of anilines is 2. The Balaban J connectivity index is 0.795. The van der Waals surface area contributed by atoms with E-state index in [4.69, 9.17) is 4.74 Å². The monoisotopic (exact) mass is 721 g/mol. The minimum absolute atomic E-state index is 0.0807. The maximum absolute atomic E-state index is 15.1. The number of rotatable bonds is 10. The molecule has 12 nitrogen and oxygen atoms in total. The van der Waals surface area contributed by atoms with Gasteiger partial charge in [0.05, 0.1) is 17.7 Å². The highest BCUT2D eigenvalue weighted by Crippen LogP contribution is 2.37. The van der Waals surface area contributed by atoms with Crippen LogP contribution in [0.1, 0.15) is 89.4 Å². The Kier molecular flexibility index (Phi) is 9.59. The van der Waals surface area contributed by atoms with Gasteiger partial charge in [0.15, 0.2) is 0 Å². The molecule has 4 aromatic rings. The summed E-state index contributed by atoms with van der Waals surface area (Å²) in [5.74, 6) is -0.847. The van der Waals surface area contributed by atoms with Crippen molar-refractivity contribution in [2.45, 2.75) is 70.0 Å². The molecule has 2 atom stereocenters. The summed E-state index contributed by atoms with van der Waals surface area (Å²) in [6.07, 6.45) is 8.33. The minimum Gasteiger partial charge on any atom is -0.493 e. The van der Waals surface area contributed by atoms with Crippen molar-refractivity contribution >= 4 is 46.0 Å². The third-order valence-electron chi connectivity index (χ3n) is 11.4. The van der Waals surface area contributed by atoms with Crippen LogP contribution in [0, 0.1) is 11.7 Å². The van der Waals surface area contributed by atoms with E-state index in [1.807, 2.05) is 18.2 Å². The molecule has 0 saturated carbocycles. The van der Waals surface area contributed by atoms with Crippen molar-refractivity contribution in [3.63, 3.8) is 0 Å². The molecule has 2 aromatic carbocycles. The van der Waals surface area contributed by atoms with Crippen LogP contribution in [-0.4, -0.2) is 82.7 Å². The average molecular weight is 722 g/mol. The van der Waals surface area contributed by atoms with Gasteiger partial charge in [0.25, 0.3) is 11.8 Å². The normalized spacial score (nSPS) is 21.0. The number of nitrogens with zero attached hydrogens (tertiary/aromatic N) is 4. The summed E-state index contributed by atoms with van der Waals surface area (Å²) < 4.78 is 20.9. The predicted octanol–water partition coefficient (Wildman–Crippen LogP) is 5.56. The van der Waals surface area contributed by atoms with E-state index in [9.17, 15) is 19.2 Å². The number of fused-ring (bicyclic) bond motifs is 2. The molecule has 1 unspecified atom stereocenters. The first-order chi connectivity index (χ1) is 25.7. The summed E-state index contributed by atoms with van der Waals surface area (Å²) in [4.78, 5) is 64.4. The quantitative estimate of drug-likeness (QED) is 0.143. The zero-order valence-corrected chi connectivity index (χ0v) is 29.8. The highest BCUT2D eigenvalue weighted by Gasteiger charge is 2.40. The van der Waals surface area contributed by atoms with Crippen molar-refractivity contribution in [1.29, 1.82) is 0 Å². The SMILES string of the molecule is CN1CCC[C@@H]1c1cc2cnc(NC(=O)c3ccc(OCCCC4CCN(c5cccc6c5CN(C5CCC(=O)NC5=O)C6=O)CC4)cc3F)cc2[nH]1. The van der Waals surface area contributed by atoms with Crippen LogP contribution in [0.3, 0.4) is 0 Å². The first-order valence-corrected chi connectivity index (χ1v) is 18.7. The Hall–Kier alpha value is -5.30. The molecule has 0 aliphatic carbocycles. The average Bonchev–Trinajstić information content (AvgIpc) is 3.86. The van der Waals surface area contributed by atoms with E-state index < -0.39 is 23.7 Å². The Labute approximate surface area is 307 Å². The number of imide groups is 1. The van der Waals surface area contributed by atoms with Gasteiger partial charge in [-0.2, -0.15) is 0 Å². The van der Waals surface area contributed by atoms with Crippen molar-refractivity contribution in [3.8, 4) is 5.75 Å². The fourth-order valence-electron chi connectivity index (χ4n) is 8.44. The molecule has 6 heterocycles. The fraction of sp³-hybridized carbons (Fsp3) is 0.425. The van der Waals surface area contributed by atoms with E-state index in [0.29, 0.717) is 48.7 Å². The van der Waals surface area contributed by atoms with Crippen LogP contribution in [-0.2, 0) is 16.1 Å². The first-order valence-electron chi connectivity index (χ1n) is 18.7. The third kappa shape index (κ3) is 7.09. The van der Waals surface area contributed by atoms with Crippen molar-refractivity contribution in [2.75, 3.05) is 43.5 Å². The van der Waals surface area contributed by atoms with Gasteiger partial charge in [-0.25, -0.2) is 9.37 Å². The number of hydrogen-bond donors (Lipinski definition) is 3. The zero-order chi connectivity index (χ0) is 36.6. The summed E-state index contributed by atoms with van der Waals surface area (Å²) >= 11 is 0. The van der Waals surface area contributed by atoms with Crippen LogP contribution < -0.4 is 20.3 Å². The lowest BCUT2D eigenvalue weighted by molar-refractivity contribution is -0.136. The van der Waals surface area contributed by atoms with Gasteiger partial charge in [0.1, 0.15) is 23.4 Å². The van der Waals surface area contributed by atoms with Gasteiger partial charge < -0.3 is 24.8 Å². The number of benzene rings is 2. The maximum Gasteiger partial charge on any atom is 0.259 e. The molecule has 4 aliphatic heterocycles. The summed E-state index contributed by atoms with van der Waals surface area (Å²) in [5.41, 5.74) is 4.53. The van der Waals surface area contributed by atoms with Crippen LogP contribution >= 0.6 is 0 Å². The topological polar surface area (TPSA) is 140 Å². The zero-order valence-electron chi connectivity index (χ0n) is 29.8. The van der Waals surface area contributed by atoms with Gasteiger partial charge in [-0.3, -0.25) is 29.4 Å². The molecule has 276 valence electrons. The Morgan fingerprint density at radius 3 is 2.64 bits per heavy atom. The Morgan fingerprint density at radius 1 is 1.02 bits per heavy atom. The van der Waals surface area contributed by atoms with Crippen molar-refractivity contribution in [1.82, 2.24) is 25.1 Å². The Bertz CT molecular complexity index is 2080. The molecule has 3 N–H and O–H groups in total. The van der Waals surface area contributed by atoms with E-state index in [2.05, 4.69) is 43.5 Å². The fourth-order valence-corrected chi connectivity index (χ4v) is 8.44. The van der Waals surface area contributed by atoms with Crippen molar-refractivity contribution in [3.05, 3.63) is 82.9 Å². The second-order valence-electron chi connectivity index (χ2n) is 14.7. The minimum atomic E-state index is -0.658. The molecule has 2 aromatic heterocycles. The van der Waals surface area contributed by atoms with Crippen LogP contribution in [0.2, 0.25) is 0 Å². The second kappa shape index (κ2) is 14.6. The number of aromatic amines is 1. The highest BCUT2D eigenvalue weighted by molar-refractivity contribution is 6.06. The maximum atomic E-state index is 15.1. The molecular weight excluding hydrogens is 677 g/mol. The third-order valence-corrected chi connectivity index (χ3v) is 11.4. The van der Waals surface area contributed by atoms with Gasteiger partial charge in [-0.05, 0) is 94.8 Å². The van der Waals surface area contributed by atoms with Gasteiger partial charge >= 0.3 is 0 Å². The van der Waals surface area contributed by atoms with Gasteiger partial charge in [-0.15, -0.1) is 0 Å². The largest absolute Gasteiger partial charge is 0.493 e. The highest BCUT2D eigenvalue weighted by atomic mass is 19.1. The molecule has 3 saturated heterocycles. The molecule has 8 rings (SSSR count). The lowest BCUT2D eigenvalue weighted by Crippen LogP contribution is -2.52. The number of aromatic nitrogens is 2. The number of pyridine rings is 1. The number of likely N-dealkylation sites (tertiary alicyclic amines) is 1. The number of halogens is 1. The Morgan fingerprint density at radius 2 is 1.87 bits per heavy atom. The number of hydrogen-bond acceptors (Lipinski definition) is 8. The molecule has 0 radical (unpaired) electrons. The van der Waals surface area contributed by atoms with Gasteiger partial charge in [-0.1, -0.05) is 6.07 Å². The second-order valence-corrected chi connectivity index (χ2v) is 14.7. The van der Waals surface area contributed by atoms with Crippen molar-refractivity contribution in [2.24, 2.45) is 5.92 Å². The van der Waals surface area contributed by atoms with E-state index >= 15 is 4.39 Å². The van der Waals surface area contributed by atoms with Crippen LogP contribution in [0.25, 0.3) is 10.9 Å². The number of nitrogens with one attached hydrogen (secondary N) is 3. The predicted molar refractivity (Wildman–Crippen MR) is 197 cm³/mol. The van der Waals surface area contributed by atoms with E-state index in [0.717, 1.165) is 86.0 Å². The van der Waals surface area contributed by atoms with Crippen LogP contribution in [0.4, 0.5) is 15.9 Å². The lowest BCUT2D eigenvalue weighted by Gasteiger charge is -2.35. The van der Waals surface area contributed by atoms with Crippen LogP contribution in [0.5, 0.6) is 5.75 Å². The molecule has 0 spiro atoms. The lowest BCUT2D eigenvalue weighted by atomic mass is 9.91. The van der Waals surface area contributed by atoms with E-state index in [1.165, 1.54) is 12.1 Å². The number of carbonyl (C=O) groups is 4. The molecule has 13 heteroatoms. The molecule has 4 amide bonds. The van der Waals surface area contributed by atoms with Crippen LogP contribution in [0.15, 0.2) is 54.7 Å². The van der Waals surface area contributed by atoms with E-state index in [-0.39, 0.29) is 23.8 Å². The standard InChI is InChI=1S/C40H44FN7O5/c1-46-15-3-8-34(46)32-19-25-22-42-36(21-31(25)43-32)44-38(50)28-10-9-26(20-30(28)41)53-18-4-5-24-13-16-47(17-14-24)33-7-2-6-27-29(33)23-48(40(27)52)35-11-12-37(49)45-39(35)51/h2,6-7,9-10,19-22,24,34-35,43H,3-5,8,11-18,23H2,1H3,(H,42,44,50)(H,45,49,51)/t34-,35?/m1/s1. The number of amides is 4. The number of carbonyl (C=O) groups excluding carboxylic acids is 4. The van der Waals surface area contributed by atoms with Gasteiger partial charge in [0.2, 0.25) is 11.8 Å². The van der Waals surface area contributed by atoms with Gasteiger partial charge in [0, 0.05) is 78.3 Å². The summed E-state index contributed by atoms with van der Waals surface area (Å²) in [7, 11) is 2.12. The molecular formula is C40H44FN7O5. The summed E-state index contributed by atoms with van der Waals surface area (Å²) in [5, 5.41) is 6.06. The molecule has 4 aliphatic rings. The molecule has 0 bridgehead atoms. The molecule has 53 heavy (non-hydrogen) atoms. The number of ether oxygens (including phenoxy) is 1.